The average Bonchev–Trinajstić information content (AvgIpc) is 2.65. The molecule has 2 heterocycles. The molecule has 1 aliphatic heterocycles. The quantitative estimate of drug-likeness (QED) is 0.830. The molecule has 2 aromatic rings. The van der Waals surface area contributed by atoms with Gasteiger partial charge in [0.1, 0.15) is 5.82 Å². The Labute approximate surface area is 161 Å². The number of anilines is 1. The minimum absolute atomic E-state index is 0.238. The molecule has 1 aromatic carbocycles. The highest BCUT2D eigenvalue weighted by Gasteiger charge is 2.33. The van der Waals surface area contributed by atoms with Gasteiger partial charge in [0.15, 0.2) is 5.82 Å². The average molecular weight is 364 g/mol. The van der Waals surface area contributed by atoms with E-state index in [4.69, 9.17) is 9.97 Å². The Morgan fingerprint density at radius 2 is 1.93 bits per heavy atom. The summed E-state index contributed by atoms with van der Waals surface area (Å²) >= 11 is 0. The number of amides is 1. The fourth-order valence-electron chi connectivity index (χ4n) is 3.75. The summed E-state index contributed by atoms with van der Waals surface area (Å²) < 4.78 is 0. The van der Waals surface area contributed by atoms with E-state index >= 15 is 0 Å². The van der Waals surface area contributed by atoms with Crippen molar-refractivity contribution >= 4 is 11.7 Å². The van der Waals surface area contributed by atoms with Crippen LogP contribution in [0.25, 0.3) is 11.4 Å². The molecular weight excluding hydrogens is 336 g/mol. The van der Waals surface area contributed by atoms with E-state index in [1.165, 1.54) is 6.42 Å². The van der Waals surface area contributed by atoms with Crippen LogP contribution in [0.1, 0.15) is 44.4 Å². The lowest BCUT2D eigenvalue weighted by Crippen LogP contribution is -2.43. The van der Waals surface area contributed by atoms with Crippen molar-refractivity contribution in [1.29, 1.82) is 0 Å². The van der Waals surface area contributed by atoms with Crippen molar-refractivity contribution in [3.05, 3.63) is 41.6 Å². The van der Waals surface area contributed by atoms with Crippen LogP contribution in [0.2, 0.25) is 0 Å². The highest BCUT2D eigenvalue weighted by molar-refractivity contribution is 5.80. The normalized spacial score (nSPS) is 16.8. The van der Waals surface area contributed by atoms with Gasteiger partial charge in [0.25, 0.3) is 0 Å². The van der Waals surface area contributed by atoms with Crippen LogP contribution >= 0.6 is 0 Å². The van der Waals surface area contributed by atoms with Gasteiger partial charge in [0, 0.05) is 43.1 Å². The highest BCUT2D eigenvalue weighted by atomic mass is 16.2. The molecule has 0 bridgehead atoms. The minimum Gasteiger partial charge on any atom is -0.357 e. The van der Waals surface area contributed by atoms with Crippen molar-refractivity contribution in [2.75, 3.05) is 18.5 Å². The molecule has 0 N–H and O–H groups in total. The summed E-state index contributed by atoms with van der Waals surface area (Å²) in [4.78, 5) is 26.8. The summed E-state index contributed by atoms with van der Waals surface area (Å²) in [7, 11) is 2.08. The largest absolute Gasteiger partial charge is 0.357 e. The summed E-state index contributed by atoms with van der Waals surface area (Å²) in [6, 6.07) is 10.5. The second kappa shape index (κ2) is 7.29. The Morgan fingerprint density at radius 3 is 2.56 bits per heavy atom. The van der Waals surface area contributed by atoms with Gasteiger partial charge in [0.05, 0.1) is 12.2 Å². The zero-order valence-electron chi connectivity index (χ0n) is 16.5. The Kier molecular flexibility index (Phi) is 4.85. The number of hydrogen-bond donors (Lipinski definition) is 0. The monoisotopic (exact) mass is 364 g/mol. The van der Waals surface area contributed by atoms with Crippen molar-refractivity contribution in [3.63, 3.8) is 0 Å². The lowest BCUT2D eigenvalue weighted by molar-refractivity contribution is -0.139. The SMILES string of the molecule is CC(C)N(C)c1nc(-c2ccccc2)nc2c1CN(C(=O)C1CCC1)CC2. The topological polar surface area (TPSA) is 49.3 Å². The smallest absolute Gasteiger partial charge is 0.225 e. The van der Waals surface area contributed by atoms with Gasteiger partial charge in [-0.2, -0.15) is 0 Å². The molecule has 0 atom stereocenters. The van der Waals surface area contributed by atoms with Gasteiger partial charge >= 0.3 is 0 Å². The molecule has 2 aliphatic rings. The molecule has 1 saturated carbocycles. The first kappa shape index (κ1) is 18.0. The number of rotatable bonds is 4. The molecule has 0 spiro atoms. The van der Waals surface area contributed by atoms with Crippen molar-refractivity contribution in [2.24, 2.45) is 5.92 Å². The third-order valence-electron chi connectivity index (χ3n) is 5.95. The van der Waals surface area contributed by atoms with Crippen LogP contribution in [0.15, 0.2) is 30.3 Å². The number of benzene rings is 1. The number of nitrogens with zero attached hydrogens (tertiary/aromatic N) is 4. The van der Waals surface area contributed by atoms with Crippen LogP contribution in [-0.4, -0.2) is 40.4 Å². The first-order chi connectivity index (χ1) is 13.0. The zero-order valence-corrected chi connectivity index (χ0v) is 16.5. The van der Waals surface area contributed by atoms with E-state index in [0.717, 1.165) is 54.3 Å². The maximum atomic E-state index is 12.8. The molecule has 5 nitrogen and oxygen atoms in total. The molecule has 0 radical (unpaired) electrons. The fourth-order valence-corrected chi connectivity index (χ4v) is 3.75. The molecular formula is C22H28N4O. The summed E-state index contributed by atoms with van der Waals surface area (Å²) in [5, 5.41) is 0. The standard InChI is InChI=1S/C22H28N4O/c1-15(2)25(3)21-18-14-26(22(27)17-10-7-11-17)13-12-19(18)23-20(24-21)16-8-5-4-6-9-16/h4-6,8-9,15,17H,7,10-14H2,1-3H3. The van der Waals surface area contributed by atoms with Gasteiger partial charge in [-0.1, -0.05) is 36.8 Å². The van der Waals surface area contributed by atoms with Crippen molar-refractivity contribution in [3.8, 4) is 11.4 Å². The molecule has 1 fully saturated rings. The van der Waals surface area contributed by atoms with Crippen LogP contribution in [0.3, 0.4) is 0 Å². The lowest BCUT2D eigenvalue weighted by atomic mass is 9.84. The number of fused-ring (bicyclic) bond motifs is 1. The third kappa shape index (κ3) is 3.43. The Morgan fingerprint density at radius 1 is 1.19 bits per heavy atom. The lowest BCUT2D eigenvalue weighted by Gasteiger charge is -2.36. The van der Waals surface area contributed by atoms with Crippen molar-refractivity contribution < 1.29 is 4.79 Å². The first-order valence-corrected chi connectivity index (χ1v) is 10.0. The Balaban J connectivity index is 1.72. The zero-order chi connectivity index (χ0) is 19.0. The number of carbonyl (C=O) groups is 1. The molecule has 0 saturated heterocycles. The van der Waals surface area contributed by atoms with Gasteiger partial charge in [-0.05, 0) is 26.7 Å². The van der Waals surface area contributed by atoms with E-state index in [-0.39, 0.29) is 5.92 Å². The number of carbonyl (C=O) groups excluding carboxylic acids is 1. The maximum absolute atomic E-state index is 12.8. The van der Waals surface area contributed by atoms with Crippen molar-refractivity contribution in [2.45, 2.75) is 52.1 Å². The van der Waals surface area contributed by atoms with Crippen LogP contribution < -0.4 is 4.90 Å². The second-order valence-corrected chi connectivity index (χ2v) is 8.00. The Bertz CT molecular complexity index is 830. The van der Waals surface area contributed by atoms with Crippen molar-refractivity contribution in [1.82, 2.24) is 14.9 Å². The minimum atomic E-state index is 0.238. The molecule has 27 heavy (non-hydrogen) atoms. The van der Waals surface area contributed by atoms with Crippen LogP contribution in [0, 0.1) is 5.92 Å². The molecule has 1 aliphatic carbocycles. The summed E-state index contributed by atoms with van der Waals surface area (Å²) in [6.07, 6.45) is 4.08. The van der Waals surface area contributed by atoms with Crippen LogP contribution in [0.4, 0.5) is 5.82 Å². The molecule has 1 aromatic heterocycles. The predicted octanol–water partition coefficient (Wildman–Crippen LogP) is 3.67. The Hall–Kier alpha value is -2.43. The van der Waals surface area contributed by atoms with E-state index < -0.39 is 0 Å². The second-order valence-electron chi connectivity index (χ2n) is 8.00. The molecule has 1 amide bonds. The van der Waals surface area contributed by atoms with E-state index in [0.29, 0.717) is 18.5 Å². The maximum Gasteiger partial charge on any atom is 0.225 e. The summed E-state index contributed by atoms with van der Waals surface area (Å²) in [6.45, 7) is 5.72. The predicted molar refractivity (Wildman–Crippen MR) is 107 cm³/mol. The molecule has 4 rings (SSSR count). The van der Waals surface area contributed by atoms with Gasteiger partial charge in [-0.15, -0.1) is 0 Å². The van der Waals surface area contributed by atoms with Gasteiger partial charge in [0.2, 0.25) is 5.91 Å². The number of aromatic nitrogens is 2. The van der Waals surface area contributed by atoms with E-state index in [1.807, 2.05) is 23.1 Å². The molecule has 5 heteroatoms. The molecule has 0 unspecified atom stereocenters. The van der Waals surface area contributed by atoms with Crippen LogP contribution in [-0.2, 0) is 17.8 Å². The number of hydrogen-bond acceptors (Lipinski definition) is 4. The summed E-state index contributed by atoms with van der Waals surface area (Å²) in [5.41, 5.74) is 3.24. The fraction of sp³-hybridized carbons (Fsp3) is 0.500. The van der Waals surface area contributed by atoms with Gasteiger partial charge < -0.3 is 9.80 Å². The van der Waals surface area contributed by atoms with Crippen LogP contribution in [0.5, 0.6) is 0 Å². The first-order valence-electron chi connectivity index (χ1n) is 10.0. The molecule has 142 valence electrons. The van der Waals surface area contributed by atoms with E-state index in [9.17, 15) is 4.79 Å². The summed E-state index contributed by atoms with van der Waals surface area (Å²) in [5.74, 6) is 2.29. The van der Waals surface area contributed by atoms with Gasteiger partial charge in [-0.3, -0.25) is 4.79 Å². The van der Waals surface area contributed by atoms with E-state index in [2.05, 4.69) is 37.9 Å². The van der Waals surface area contributed by atoms with Gasteiger partial charge in [-0.25, -0.2) is 9.97 Å². The highest BCUT2D eigenvalue weighted by Crippen LogP contribution is 2.33. The third-order valence-corrected chi connectivity index (χ3v) is 5.95. The van der Waals surface area contributed by atoms with E-state index in [1.54, 1.807) is 0 Å².